The van der Waals surface area contributed by atoms with Crippen molar-refractivity contribution in [2.45, 2.75) is 65.0 Å². The van der Waals surface area contributed by atoms with Crippen molar-refractivity contribution >= 4 is 37.4 Å². The zero-order valence-electron chi connectivity index (χ0n) is 16.5. The third-order valence-corrected chi connectivity index (χ3v) is 15.0. The monoisotopic (exact) mass is 402 g/mol. The Kier molecular flexibility index (Phi) is 9.13. The third kappa shape index (κ3) is 8.23. The minimum Gasteiger partial charge on any atom is -0.488 e. The third-order valence-electron chi connectivity index (χ3n) is 3.72. The molecule has 0 aliphatic carbocycles. The summed E-state index contributed by atoms with van der Waals surface area (Å²) < 4.78 is 23.9. The van der Waals surface area contributed by atoms with Crippen LogP contribution in [0.2, 0.25) is 26.2 Å². The first-order chi connectivity index (χ1) is 11.1. The summed E-state index contributed by atoms with van der Waals surface area (Å²) >= 11 is 0. The first kappa shape index (κ1) is 21.8. The number of benzene rings is 1. The molecule has 0 bridgehead atoms. The molecule has 1 aromatic carbocycles. The predicted molar refractivity (Wildman–Crippen MR) is 112 cm³/mol. The lowest BCUT2D eigenvalue weighted by Gasteiger charge is -2.26. The van der Waals surface area contributed by atoms with Crippen molar-refractivity contribution in [3.63, 3.8) is 0 Å². The van der Waals surface area contributed by atoms with Gasteiger partial charge in [0.05, 0.1) is 0 Å². The van der Waals surface area contributed by atoms with E-state index in [1.165, 1.54) is 5.56 Å². The fourth-order valence-electron chi connectivity index (χ4n) is 2.46. The summed E-state index contributed by atoms with van der Waals surface area (Å²) in [5, 5.41) is 0. The van der Waals surface area contributed by atoms with Gasteiger partial charge in [0, 0.05) is 0 Å². The van der Waals surface area contributed by atoms with E-state index in [0.717, 1.165) is 5.75 Å². The maximum Gasteiger partial charge on any atom is 0.298 e. The summed E-state index contributed by atoms with van der Waals surface area (Å²) in [6.07, 6.45) is 0. The van der Waals surface area contributed by atoms with Crippen LogP contribution in [-0.2, 0) is 12.3 Å². The molecule has 0 spiro atoms. The van der Waals surface area contributed by atoms with Crippen molar-refractivity contribution in [3.8, 4) is 5.75 Å². The van der Waals surface area contributed by atoms with Gasteiger partial charge in [0.2, 0.25) is 0 Å². The fourth-order valence-corrected chi connectivity index (χ4v) is 12.5. The van der Waals surface area contributed by atoms with Gasteiger partial charge in [0.15, 0.2) is 9.04 Å². The molecule has 0 fully saturated rings. The van der Waals surface area contributed by atoms with Crippen LogP contribution < -0.4 is 4.74 Å². The van der Waals surface area contributed by atoms with E-state index >= 15 is 0 Å². The van der Waals surface area contributed by atoms with E-state index in [9.17, 15) is 0 Å². The molecule has 8 heteroatoms. The summed E-state index contributed by atoms with van der Waals surface area (Å²) in [5.41, 5.74) is 1.60. The molecule has 4 nitrogen and oxygen atoms in total. The van der Waals surface area contributed by atoms with E-state index in [1.54, 1.807) is 0 Å². The molecular weight excluding hydrogens is 369 g/mol. The van der Waals surface area contributed by atoms with Crippen LogP contribution in [0.5, 0.6) is 5.75 Å². The smallest absolute Gasteiger partial charge is 0.298 e. The van der Waals surface area contributed by atoms with Crippen LogP contribution in [0.4, 0.5) is 0 Å². The van der Waals surface area contributed by atoms with Crippen LogP contribution in [0, 0.1) is 0 Å². The predicted octanol–water partition coefficient (Wildman–Crippen LogP) is 2.74. The Balaban J connectivity index is 2.57. The summed E-state index contributed by atoms with van der Waals surface area (Å²) in [6, 6.07) is 8.44. The molecule has 4 atom stereocenters. The quantitative estimate of drug-likeness (QED) is 0.595. The zero-order chi connectivity index (χ0) is 18.3. The number of ether oxygens (including phenoxy) is 1. The highest BCUT2D eigenvalue weighted by atomic mass is 28.4. The van der Waals surface area contributed by atoms with Crippen LogP contribution >= 0.6 is 0 Å². The van der Waals surface area contributed by atoms with Gasteiger partial charge in [-0.15, -0.1) is 0 Å². The summed E-state index contributed by atoms with van der Waals surface area (Å²) in [7, 11) is -4.74. The standard InChI is InChI=1S/C16H34O4Si4/c1-13(22(6)19-24(8)20-23(7)18-21-5)14-9-11-15(12-10-14)17-16(2,3)4/h9-13,22-24H,21H2,1-8H3. The number of hydrogen-bond donors (Lipinski definition) is 0. The Morgan fingerprint density at radius 1 is 0.958 bits per heavy atom. The van der Waals surface area contributed by atoms with E-state index in [1.807, 2.05) is 0 Å². The van der Waals surface area contributed by atoms with E-state index in [2.05, 4.69) is 78.1 Å². The number of hydrogen-bond acceptors (Lipinski definition) is 4. The van der Waals surface area contributed by atoms with Crippen LogP contribution in [0.15, 0.2) is 24.3 Å². The average molecular weight is 403 g/mol. The highest BCUT2D eigenvalue weighted by molar-refractivity contribution is 6.67. The van der Waals surface area contributed by atoms with Gasteiger partial charge in [-0.1, -0.05) is 25.6 Å². The normalized spacial score (nSPS) is 17.7. The maximum absolute atomic E-state index is 6.29. The van der Waals surface area contributed by atoms with E-state index < -0.39 is 27.6 Å². The molecule has 1 rings (SSSR count). The molecule has 0 amide bonds. The summed E-state index contributed by atoms with van der Waals surface area (Å²) in [5.74, 6) is 0.917. The highest BCUT2D eigenvalue weighted by Gasteiger charge is 2.22. The molecular formula is C16H34O4Si4. The zero-order valence-corrected chi connectivity index (χ0v) is 21.3. The average Bonchev–Trinajstić information content (AvgIpc) is 2.45. The Morgan fingerprint density at radius 3 is 2.04 bits per heavy atom. The van der Waals surface area contributed by atoms with Crippen LogP contribution in [0.1, 0.15) is 38.8 Å². The Labute approximate surface area is 155 Å². The van der Waals surface area contributed by atoms with Gasteiger partial charge in [0.25, 0.3) is 18.6 Å². The van der Waals surface area contributed by atoms with E-state index in [-0.39, 0.29) is 15.4 Å². The van der Waals surface area contributed by atoms with Crippen molar-refractivity contribution in [2.24, 2.45) is 0 Å². The lowest BCUT2D eigenvalue weighted by atomic mass is 10.1. The summed E-state index contributed by atoms with van der Waals surface area (Å²) in [6.45, 7) is 17.1. The molecule has 0 aliphatic heterocycles. The van der Waals surface area contributed by atoms with E-state index in [0.29, 0.717) is 5.54 Å². The first-order valence-corrected chi connectivity index (χ1v) is 17.3. The molecule has 0 radical (unpaired) electrons. The molecule has 0 aromatic heterocycles. The topological polar surface area (TPSA) is 36.9 Å². The molecule has 0 saturated carbocycles. The minimum absolute atomic E-state index is 0.166. The Bertz CT molecular complexity index is 478. The Hall–Kier alpha value is -0.232. The van der Waals surface area contributed by atoms with Gasteiger partial charge < -0.3 is 17.1 Å². The van der Waals surface area contributed by atoms with Gasteiger partial charge in [-0.2, -0.15) is 0 Å². The second-order valence-electron chi connectivity index (χ2n) is 7.14. The largest absolute Gasteiger partial charge is 0.488 e. The van der Waals surface area contributed by atoms with Crippen molar-refractivity contribution in [2.75, 3.05) is 0 Å². The second kappa shape index (κ2) is 10.0. The molecule has 1 aromatic rings. The van der Waals surface area contributed by atoms with E-state index in [4.69, 9.17) is 17.1 Å². The van der Waals surface area contributed by atoms with Gasteiger partial charge in [-0.25, -0.2) is 0 Å². The van der Waals surface area contributed by atoms with Crippen molar-refractivity contribution in [1.82, 2.24) is 0 Å². The molecule has 0 heterocycles. The fraction of sp³-hybridized carbons (Fsp3) is 0.625. The van der Waals surface area contributed by atoms with Crippen LogP contribution in [-0.4, -0.2) is 43.0 Å². The van der Waals surface area contributed by atoms with Gasteiger partial charge >= 0.3 is 0 Å². The lowest BCUT2D eigenvalue weighted by molar-refractivity contribution is 0.131. The van der Waals surface area contributed by atoms with Gasteiger partial charge in [-0.3, -0.25) is 0 Å². The van der Waals surface area contributed by atoms with Crippen molar-refractivity contribution in [3.05, 3.63) is 29.8 Å². The van der Waals surface area contributed by atoms with Crippen LogP contribution in [0.25, 0.3) is 0 Å². The van der Waals surface area contributed by atoms with Crippen LogP contribution in [0.3, 0.4) is 0 Å². The maximum atomic E-state index is 6.29. The second-order valence-corrected chi connectivity index (χ2v) is 15.9. The highest BCUT2D eigenvalue weighted by Crippen LogP contribution is 2.24. The molecule has 0 saturated heterocycles. The van der Waals surface area contributed by atoms with Crippen molar-refractivity contribution < 1.29 is 17.1 Å². The molecule has 24 heavy (non-hydrogen) atoms. The van der Waals surface area contributed by atoms with Gasteiger partial charge in [0.1, 0.15) is 21.1 Å². The van der Waals surface area contributed by atoms with Crippen molar-refractivity contribution in [1.29, 1.82) is 0 Å². The first-order valence-electron chi connectivity index (χ1n) is 8.84. The molecule has 138 valence electrons. The Morgan fingerprint density at radius 2 is 1.54 bits per heavy atom. The minimum atomic E-state index is -1.57. The number of rotatable bonds is 9. The van der Waals surface area contributed by atoms with Gasteiger partial charge in [-0.05, 0) is 63.6 Å². The summed E-state index contributed by atoms with van der Waals surface area (Å²) in [4.78, 5) is 0. The molecule has 4 unspecified atom stereocenters. The SMILES string of the molecule is C[SiH2]O[SiH](C)O[SiH](C)O[SiH](C)C(C)c1ccc(OC(C)(C)C)cc1. The lowest BCUT2D eigenvalue weighted by Crippen LogP contribution is -2.36. The molecule has 0 aliphatic rings. The molecule has 0 N–H and O–H groups in total.